The van der Waals surface area contributed by atoms with E-state index in [1.165, 1.54) is 12.5 Å². The summed E-state index contributed by atoms with van der Waals surface area (Å²) in [7, 11) is 0. The summed E-state index contributed by atoms with van der Waals surface area (Å²) in [5, 5.41) is 12.9. The SMILES string of the molecule is Cc1cccc(-n2nnc(C3CCCN(C(=O)c4ccoc4)C3)n2)c1. The van der Waals surface area contributed by atoms with Crippen LogP contribution in [0.25, 0.3) is 5.69 Å². The number of amides is 1. The number of furan rings is 1. The van der Waals surface area contributed by atoms with E-state index in [2.05, 4.69) is 15.4 Å². The Labute approximate surface area is 145 Å². The van der Waals surface area contributed by atoms with Crippen LogP contribution in [0.1, 0.15) is 40.5 Å². The lowest BCUT2D eigenvalue weighted by molar-refractivity contribution is 0.0703. The fourth-order valence-corrected chi connectivity index (χ4v) is 3.19. The van der Waals surface area contributed by atoms with E-state index in [-0.39, 0.29) is 11.8 Å². The molecule has 0 spiro atoms. The Bertz CT molecular complexity index is 871. The first-order valence-corrected chi connectivity index (χ1v) is 8.39. The van der Waals surface area contributed by atoms with Crippen LogP contribution in [0.2, 0.25) is 0 Å². The first kappa shape index (κ1) is 15.6. The van der Waals surface area contributed by atoms with Crippen LogP contribution >= 0.6 is 0 Å². The second-order valence-electron chi connectivity index (χ2n) is 6.38. The van der Waals surface area contributed by atoms with E-state index in [0.717, 1.165) is 30.6 Å². The molecule has 128 valence electrons. The number of hydrogen-bond donors (Lipinski definition) is 0. The number of piperidine rings is 1. The van der Waals surface area contributed by atoms with Gasteiger partial charge in [0.2, 0.25) is 0 Å². The number of likely N-dealkylation sites (tertiary alicyclic amines) is 1. The first-order chi connectivity index (χ1) is 12.2. The third-order valence-corrected chi connectivity index (χ3v) is 4.50. The van der Waals surface area contributed by atoms with Crippen molar-refractivity contribution >= 4 is 5.91 Å². The Morgan fingerprint density at radius 1 is 1.32 bits per heavy atom. The quantitative estimate of drug-likeness (QED) is 0.734. The zero-order valence-electron chi connectivity index (χ0n) is 14.0. The molecular weight excluding hydrogens is 318 g/mol. The van der Waals surface area contributed by atoms with Crippen LogP contribution in [0.5, 0.6) is 0 Å². The number of carbonyl (C=O) groups excluding carboxylic acids is 1. The van der Waals surface area contributed by atoms with Crippen LogP contribution in [0, 0.1) is 6.92 Å². The molecule has 3 heterocycles. The number of carbonyl (C=O) groups is 1. The summed E-state index contributed by atoms with van der Waals surface area (Å²) in [6, 6.07) is 9.66. The van der Waals surface area contributed by atoms with E-state index in [4.69, 9.17) is 4.42 Å². The second-order valence-corrected chi connectivity index (χ2v) is 6.38. The molecule has 1 aliphatic heterocycles. The minimum atomic E-state index is -0.00970. The van der Waals surface area contributed by atoms with Crippen LogP contribution in [-0.2, 0) is 0 Å². The van der Waals surface area contributed by atoms with E-state index < -0.39 is 0 Å². The summed E-state index contributed by atoms with van der Waals surface area (Å²) in [5.74, 6) is 0.777. The molecule has 0 saturated carbocycles. The predicted octanol–water partition coefficient (Wildman–Crippen LogP) is 2.58. The van der Waals surface area contributed by atoms with Gasteiger partial charge in [0, 0.05) is 19.0 Å². The standard InChI is InChI=1S/C18H19N5O2/c1-13-4-2-6-16(10-13)23-20-17(19-21-23)14-5-3-8-22(11-14)18(24)15-7-9-25-12-15/h2,4,6-7,9-10,12,14H,3,5,8,11H2,1H3. The molecule has 1 aromatic carbocycles. The van der Waals surface area contributed by atoms with Gasteiger partial charge in [0.05, 0.1) is 17.5 Å². The van der Waals surface area contributed by atoms with Gasteiger partial charge in [-0.2, -0.15) is 0 Å². The molecule has 1 aliphatic rings. The summed E-state index contributed by atoms with van der Waals surface area (Å²) in [4.78, 5) is 15.9. The normalized spacial score (nSPS) is 17.6. The summed E-state index contributed by atoms with van der Waals surface area (Å²) in [6.45, 7) is 3.37. The van der Waals surface area contributed by atoms with Crippen LogP contribution < -0.4 is 0 Å². The molecule has 1 amide bonds. The summed E-state index contributed by atoms with van der Waals surface area (Å²) in [5.41, 5.74) is 2.61. The molecule has 25 heavy (non-hydrogen) atoms. The van der Waals surface area contributed by atoms with Crippen LogP contribution in [0.15, 0.2) is 47.3 Å². The Morgan fingerprint density at radius 2 is 2.24 bits per heavy atom. The highest BCUT2D eigenvalue weighted by molar-refractivity contribution is 5.93. The predicted molar refractivity (Wildman–Crippen MR) is 90.5 cm³/mol. The lowest BCUT2D eigenvalue weighted by atomic mass is 9.97. The minimum Gasteiger partial charge on any atom is -0.472 e. The number of tetrazole rings is 1. The molecule has 7 nitrogen and oxygen atoms in total. The molecule has 1 saturated heterocycles. The molecular formula is C18H19N5O2. The van der Waals surface area contributed by atoms with Crippen molar-refractivity contribution in [3.05, 3.63) is 59.8 Å². The zero-order chi connectivity index (χ0) is 17.2. The van der Waals surface area contributed by atoms with Gasteiger partial charge in [-0.05, 0) is 48.7 Å². The zero-order valence-corrected chi connectivity index (χ0v) is 14.0. The molecule has 0 bridgehead atoms. The first-order valence-electron chi connectivity index (χ1n) is 8.39. The van der Waals surface area contributed by atoms with Gasteiger partial charge in [-0.15, -0.1) is 15.0 Å². The molecule has 0 aliphatic carbocycles. The largest absolute Gasteiger partial charge is 0.472 e. The van der Waals surface area contributed by atoms with E-state index >= 15 is 0 Å². The van der Waals surface area contributed by atoms with Crippen molar-refractivity contribution in [2.75, 3.05) is 13.1 Å². The maximum atomic E-state index is 12.5. The van der Waals surface area contributed by atoms with E-state index in [1.54, 1.807) is 10.9 Å². The van der Waals surface area contributed by atoms with Gasteiger partial charge in [0.15, 0.2) is 5.82 Å². The summed E-state index contributed by atoms with van der Waals surface area (Å²) >= 11 is 0. The number of rotatable bonds is 3. The Hall–Kier alpha value is -2.96. The fraction of sp³-hybridized carbons (Fsp3) is 0.333. The second kappa shape index (κ2) is 6.51. The Balaban J connectivity index is 1.51. The summed E-state index contributed by atoms with van der Waals surface area (Å²) in [6.07, 6.45) is 4.88. The molecule has 1 unspecified atom stereocenters. The van der Waals surface area contributed by atoms with Crippen LogP contribution in [0.4, 0.5) is 0 Å². The lowest BCUT2D eigenvalue weighted by Crippen LogP contribution is -2.39. The number of aromatic nitrogens is 4. The van der Waals surface area contributed by atoms with E-state index in [9.17, 15) is 4.79 Å². The molecule has 1 atom stereocenters. The molecule has 0 N–H and O–H groups in total. The van der Waals surface area contributed by atoms with Crippen LogP contribution in [0.3, 0.4) is 0 Å². The highest BCUT2D eigenvalue weighted by atomic mass is 16.3. The maximum Gasteiger partial charge on any atom is 0.257 e. The molecule has 0 radical (unpaired) electrons. The Kier molecular flexibility index (Phi) is 4.05. The highest BCUT2D eigenvalue weighted by Gasteiger charge is 2.28. The van der Waals surface area contributed by atoms with Crippen molar-refractivity contribution in [1.82, 2.24) is 25.1 Å². The van der Waals surface area contributed by atoms with Crippen molar-refractivity contribution in [1.29, 1.82) is 0 Å². The van der Waals surface area contributed by atoms with Crippen molar-refractivity contribution in [2.45, 2.75) is 25.7 Å². The van der Waals surface area contributed by atoms with Gasteiger partial charge < -0.3 is 9.32 Å². The third kappa shape index (κ3) is 3.17. The molecule has 3 aromatic rings. The van der Waals surface area contributed by atoms with Gasteiger partial charge in [-0.3, -0.25) is 4.79 Å². The number of aryl methyl sites for hydroxylation is 1. The topological polar surface area (TPSA) is 77.0 Å². The number of benzene rings is 1. The third-order valence-electron chi connectivity index (χ3n) is 4.50. The Morgan fingerprint density at radius 3 is 3.04 bits per heavy atom. The van der Waals surface area contributed by atoms with Gasteiger partial charge in [-0.25, -0.2) is 0 Å². The fourth-order valence-electron chi connectivity index (χ4n) is 3.19. The van der Waals surface area contributed by atoms with E-state index in [1.807, 2.05) is 36.1 Å². The van der Waals surface area contributed by atoms with Crippen molar-refractivity contribution in [3.8, 4) is 5.69 Å². The highest BCUT2D eigenvalue weighted by Crippen LogP contribution is 2.25. The maximum absolute atomic E-state index is 12.5. The van der Waals surface area contributed by atoms with E-state index in [0.29, 0.717) is 17.9 Å². The molecule has 7 heteroatoms. The van der Waals surface area contributed by atoms with Crippen LogP contribution in [-0.4, -0.2) is 44.1 Å². The monoisotopic (exact) mass is 337 g/mol. The minimum absolute atomic E-state index is 0.00970. The van der Waals surface area contributed by atoms with Crippen molar-refractivity contribution in [2.24, 2.45) is 0 Å². The van der Waals surface area contributed by atoms with Gasteiger partial charge in [0.25, 0.3) is 5.91 Å². The van der Waals surface area contributed by atoms with Crippen molar-refractivity contribution < 1.29 is 9.21 Å². The van der Waals surface area contributed by atoms with Crippen molar-refractivity contribution in [3.63, 3.8) is 0 Å². The molecule has 2 aromatic heterocycles. The molecule has 4 rings (SSSR count). The smallest absolute Gasteiger partial charge is 0.257 e. The van der Waals surface area contributed by atoms with Gasteiger partial charge in [0.1, 0.15) is 6.26 Å². The molecule has 1 fully saturated rings. The lowest BCUT2D eigenvalue weighted by Gasteiger charge is -2.30. The average Bonchev–Trinajstić information content (AvgIpc) is 3.33. The average molecular weight is 337 g/mol. The van der Waals surface area contributed by atoms with Gasteiger partial charge >= 0.3 is 0 Å². The van der Waals surface area contributed by atoms with Gasteiger partial charge in [-0.1, -0.05) is 12.1 Å². The number of nitrogens with zero attached hydrogens (tertiary/aromatic N) is 5. The number of hydrogen-bond acceptors (Lipinski definition) is 5. The summed E-state index contributed by atoms with van der Waals surface area (Å²) < 4.78 is 5.01.